The molecule has 0 saturated heterocycles. The smallest absolute Gasteiger partial charge is 0.282 e. The molecular formula is C14H10N4O3S. The summed E-state index contributed by atoms with van der Waals surface area (Å²) in [7, 11) is -4.28. The van der Waals surface area contributed by atoms with Crippen LogP contribution in [0, 0.1) is 0 Å². The molecule has 0 unspecified atom stereocenters. The molecule has 0 spiro atoms. The summed E-state index contributed by atoms with van der Waals surface area (Å²) in [5.74, 6) is 0.542. The molecule has 2 aromatic carbocycles. The first-order chi connectivity index (χ1) is 10.5. The summed E-state index contributed by atoms with van der Waals surface area (Å²) in [5.41, 5.74) is 1.18. The Bertz CT molecular complexity index is 897. The first kappa shape index (κ1) is 14.2. The van der Waals surface area contributed by atoms with Crippen LogP contribution in [0.15, 0.2) is 59.5 Å². The van der Waals surface area contributed by atoms with Crippen molar-refractivity contribution in [1.29, 1.82) is 0 Å². The van der Waals surface area contributed by atoms with Gasteiger partial charge in [-0.15, -0.1) is 20.4 Å². The van der Waals surface area contributed by atoms with Crippen molar-refractivity contribution in [3.05, 3.63) is 54.6 Å². The highest BCUT2D eigenvalue weighted by atomic mass is 32.2. The zero-order valence-electron chi connectivity index (χ0n) is 11.2. The number of aromatic nitrogens is 4. The number of benzene rings is 2. The van der Waals surface area contributed by atoms with Crippen molar-refractivity contribution in [3.63, 3.8) is 0 Å². The van der Waals surface area contributed by atoms with E-state index in [0.29, 0.717) is 11.4 Å². The van der Waals surface area contributed by atoms with Crippen molar-refractivity contribution in [1.82, 2.24) is 20.4 Å². The Labute approximate surface area is 126 Å². The predicted octanol–water partition coefficient (Wildman–Crippen LogP) is 1.85. The number of hydrogen-bond donors (Lipinski definition) is 1. The molecule has 0 amide bonds. The van der Waals surface area contributed by atoms with Crippen molar-refractivity contribution in [3.8, 4) is 22.8 Å². The average molecular weight is 314 g/mol. The Balaban J connectivity index is 1.97. The zero-order valence-corrected chi connectivity index (χ0v) is 12.0. The maximum Gasteiger partial charge on any atom is 0.294 e. The summed E-state index contributed by atoms with van der Waals surface area (Å²) >= 11 is 0. The zero-order chi connectivity index (χ0) is 15.6. The molecule has 0 bridgehead atoms. The Hall–Kier alpha value is -2.71. The molecule has 1 aromatic heterocycles. The minimum absolute atomic E-state index is 0.171. The van der Waals surface area contributed by atoms with Crippen LogP contribution >= 0.6 is 0 Å². The molecule has 7 nitrogen and oxygen atoms in total. The van der Waals surface area contributed by atoms with Gasteiger partial charge in [0.25, 0.3) is 10.1 Å². The number of hydrogen-bond acceptors (Lipinski definition) is 6. The Morgan fingerprint density at radius 3 is 1.86 bits per heavy atom. The first-order valence-corrected chi connectivity index (χ1v) is 7.69. The van der Waals surface area contributed by atoms with E-state index >= 15 is 0 Å². The number of nitrogens with zero attached hydrogens (tertiary/aromatic N) is 4. The number of rotatable bonds is 3. The minimum atomic E-state index is -4.28. The quantitative estimate of drug-likeness (QED) is 0.735. The fourth-order valence-corrected chi connectivity index (χ4v) is 2.37. The maximum absolute atomic E-state index is 11.1. The van der Waals surface area contributed by atoms with Crippen LogP contribution in [-0.2, 0) is 10.1 Å². The van der Waals surface area contributed by atoms with E-state index in [1.165, 1.54) is 18.2 Å². The van der Waals surface area contributed by atoms with Gasteiger partial charge in [-0.25, -0.2) is 0 Å². The van der Waals surface area contributed by atoms with Crippen molar-refractivity contribution >= 4 is 10.1 Å². The van der Waals surface area contributed by atoms with Gasteiger partial charge in [0.2, 0.25) is 11.6 Å². The van der Waals surface area contributed by atoms with E-state index in [0.717, 1.165) is 5.56 Å². The fourth-order valence-electron chi connectivity index (χ4n) is 1.84. The highest BCUT2D eigenvalue weighted by Gasteiger charge is 2.12. The fraction of sp³-hybridized carbons (Fsp3) is 0. The van der Waals surface area contributed by atoms with Crippen molar-refractivity contribution < 1.29 is 13.0 Å². The minimum Gasteiger partial charge on any atom is -0.282 e. The molecule has 0 saturated carbocycles. The maximum atomic E-state index is 11.1. The lowest BCUT2D eigenvalue weighted by atomic mass is 10.2. The molecule has 3 rings (SSSR count). The van der Waals surface area contributed by atoms with Crippen LogP contribution in [0.4, 0.5) is 0 Å². The van der Waals surface area contributed by atoms with Crippen LogP contribution in [0.2, 0.25) is 0 Å². The molecule has 22 heavy (non-hydrogen) atoms. The van der Waals surface area contributed by atoms with E-state index in [4.69, 9.17) is 4.55 Å². The average Bonchev–Trinajstić information content (AvgIpc) is 2.55. The highest BCUT2D eigenvalue weighted by Crippen LogP contribution is 2.19. The summed E-state index contributed by atoms with van der Waals surface area (Å²) < 4.78 is 31.3. The van der Waals surface area contributed by atoms with Crippen molar-refractivity contribution in [2.75, 3.05) is 0 Å². The van der Waals surface area contributed by atoms with Gasteiger partial charge in [-0.2, -0.15) is 8.42 Å². The molecule has 0 aliphatic carbocycles. The largest absolute Gasteiger partial charge is 0.294 e. The van der Waals surface area contributed by atoms with E-state index < -0.39 is 10.1 Å². The van der Waals surface area contributed by atoms with E-state index in [9.17, 15) is 8.42 Å². The SMILES string of the molecule is O=S(=O)(O)c1cccc(-c2nnc(-c3ccccc3)nn2)c1. The van der Waals surface area contributed by atoms with Gasteiger partial charge in [0.1, 0.15) is 0 Å². The summed E-state index contributed by atoms with van der Waals surface area (Å²) in [4.78, 5) is -0.235. The Morgan fingerprint density at radius 2 is 1.27 bits per heavy atom. The molecule has 1 N–H and O–H groups in total. The summed E-state index contributed by atoms with van der Waals surface area (Å²) in [5, 5.41) is 15.9. The van der Waals surface area contributed by atoms with Gasteiger partial charge >= 0.3 is 0 Å². The molecular weight excluding hydrogens is 304 g/mol. The summed E-state index contributed by atoms with van der Waals surface area (Å²) in [6.45, 7) is 0. The van der Waals surface area contributed by atoms with Crippen molar-refractivity contribution in [2.24, 2.45) is 0 Å². The topological polar surface area (TPSA) is 106 Å². The second-order valence-corrected chi connectivity index (χ2v) is 5.84. The first-order valence-electron chi connectivity index (χ1n) is 6.25. The van der Waals surface area contributed by atoms with E-state index in [1.54, 1.807) is 6.07 Å². The van der Waals surface area contributed by atoms with Gasteiger partial charge in [0.05, 0.1) is 4.90 Å². The predicted molar refractivity (Wildman–Crippen MR) is 78.3 cm³/mol. The monoisotopic (exact) mass is 314 g/mol. The van der Waals surface area contributed by atoms with Gasteiger partial charge in [0.15, 0.2) is 0 Å². The van der Waals surface area contributed by atoms with E-state index in [2.05, 4.69) is 20.4 Å². The Kier molecular flexibility index (Phi) is 3.61. The lowest BCUT2D eigenvalue weighted by molar-refractivity contribution is 0.483. The highest BCUT2D eigenvalue weighted by molar-refractivity contribution is 7.85. The molecule has 0 fully saturated rings. The standard InChI is InChI=1S/C14H10N4O3S/c19-22(20,21)12-8-4-7-11(9-12)14-17-15-13(16-18-14)10-5-2-1-3-6-10/h1-9H,(H,19,20,21). The third-order valence-electron chi connectivity index (χ3n) is 2.90. The molecule has 0 aliphatic heterocycles. The summed E-state index contributed by atoms with van der Waals surface area (Å²) in [6, 6.07) is 14.9. The van der Waals surface area contributed by atoms with Crippen LogP contribution in [-0.4, -0.2) is 33.4 Å². The van der Waals surface area contributed by atoms with Gasteiger partial charge in [-0.1, -0.05) is 42.5 Å². The molecule has 0 atom stereocenters. The van der Waals surface area contributed by atoms with Crippen LogP contribution in [0.5, 0.6) is 0 Å². The Morgan fingerprint density at radius 1 is 0.727 bits per heavy atom. The molecule has 3 aromatic rings. The molecule has 8 heteroatoms. The van der Waals surface area contributed by atoms with Crippen LogP contribution in [0.3, 0.4) is 0 Å². The van der Waals surface area contributed by atoms with Crippen LogP contribution in [0.25, 0.3) is 22.8 Å². The molecule has 110 valence electrons. The molecule has 0 aliphatic rings. The van der Waals surface area contributed by atoms with Gasteiger partial charge in [0, 0.05) is 11.1 Å². The summed E-state index contributed by atoms with van der Waals surface area (Å²) in [6.07, 6.45) is 0. The van der Waals surface area contributed by atoms with E-state index in [1.807, 2.05) is 30.3 Å². The van der Waals surface area contributed by atoms with Gasteiger partial charge in [-0.3, -0.25) is 4.55 Å². The third-order valence-corrected chi connectivity index (χ3v) is 3.75. The van der Waals surface area contributed by atoms with Crippen LogP contribution < -0.4 is 0 Å². The third kappa shape index (κ3) is 2.97. The lowest BCUT2D eigenvalue weighted by Gasteiger charge is -2.02. The van der Waals surface area contributed by atoms with Gasteiger partial charge in [-0.05, 0) is 12.1 Å². The molecule has 1 heterocycles. The van der Waals surface area contributed by atoms with E-state index in [-0.39, 0.29) is 10.7 Å². The lowest BCUT2D eigenvalue weighted by Crippen LogP contribution is -2.01. The molecule has 0 radical (unpaired) electrons. The normalized spacial score (nSPS) is 11.3. The second-order valence-electron chi connectivity index (χ2n) is 4.42. The van der Waals surface area contributed by atoms with Gasteiger partial charge < -0.3 is 0 Å². The second kappa shape index (κ2) is 5.58. The van der Waals surface area contributed by atoms with Crippen molar-refractivity contribution in [2.45, 2.75) is 4.90 Å². The van der Waals surface area contributed by atoms with Crippen LogP contribution in [0.1, 0.15) is 0 Å².